The van der Waals surface area contributed by atoms with Crippen LogP contribution in [0.25, 0.3) is 33.8 Å². The SMILES string of the molecule is C[Si](C)Cn1cc(-c2cccc(-c3ncc(-c4cnn(C5CCN(C(=O)OC(C)(C)C)CC5)c4)cn3)c2)nn1. The van der Waals surface area contributed by atoms with Crippen molar-refractivity contribution in [3.8, 4) is 33.8 Å². The van der Waals surface area contributed by atoms with Gasteiger partial charge >= 0.3 is 6.09 Å². The molecular formula is C28H35N8O2Si. The number of rotatable bonds is 6. The van der Waals surface area contributed by atoms with E-state index in [1.54, 1.807) is 4.90 Å². The van der Waals surface area contributed by atoms with Crippen LogP contribution < -0.4 is 0 Å². The van der Waals surface area contributed by atoms with Crippen molar-refractivity contribution >= 4 is 14.9 Å². The van der Waals surface area contributed by atoms with Gasteiger partial charge in [-0.3, -0.25) is 9.36 Å². The maximum atomic E-state index is 12.4. The predicted octanol–water partition coefficient (Wildman–Crippen LogP) is 5.13. The van der Waals surface area contributed by atoms with E-state index < -0.39 is 14.4 Å². The highest BCUT2D eigenvalue weighted by molar-refractivity contribution is 6.54. The Balaban J connectivity index is 1.23. The molecule has 1 saturated heterocycles. The minimum absolute atomic E-state index is 0.237. The summed E-state index contributed by atoms with van der Waals surface area (Å²) in [7, 11) is -0.433. The van der Waals surface area contributed by atoms with Gasteiger partial charge in [-0.05, 0) is 39.7 Å². The molecule has 4 aromatic rings. The zero-order valence-corrected chi connectivity index (χ0v) is 24.2. The number of benzene rings is 1. The van der Waals surface area contributed by atoms with Gasteiger partial charge in [-0.1, -0.05) is 36.5 Å². The molecule has 0 saturated carbocycles. The molecule has 1 aliphatic heterocycles. The van der Waals surface area contributed by atoms with Gasteiger partial charge < -0.3 is 9.64 Å². The Morgan fingerprint density at radius 1 is 1.00 bits per heavy atom. The number of nitrogens with zero attached hydrogens (tertiary/aromatic N) is 8. The van der Waals surface area contributed by atoms with Crippen molar-refractivity contribution in [3.05, 3.63) is 55.2 Å². The van der Waals surface area contributed by atoms with Crippen LogP contribution in [0.2, 0.25) is 13.1 Å². The van der Waals surface area contributed by atoms with Crippen LogP contribution in [0.3, 0.4) is 0 Å². The first-order chi connectivity index (χ1) is 18.6. The fraction of sp³-hybridized carbons (Fsp3) is 0.429. The molecule has 1 aliphatic rings. The maximum absolute atomic E-state index is 12.4. The monoisotopic (exact) mass is 543 g/mol. The van der Waals surface area contributed by atoms with E-state index in [2.05, 4.69) is 44.5 Å². The lowest BCUT2D eigenvalue weighted by Crippen LogP contribution is -2.42. The largest absolute Gasteiger partial charge is 0.444 e. The van der Waals surface area contributed by atoms with Gasteiger partial charge in [0, 0.05) is 60.1 Å². The first-order valence-electron chi connectivity index (χ1n) is 13.3. The summed E-state index contributed by atoms with van der Waals surface area (Å²) in [6.07, 6.45) is 11.9. The van der Waals surface area contributed by atoms with Crippen molar-refractivity contribution in [2.24, 2.45) is 0 Å². The molecule has 0 N–H and O–H groups in total. The fourth-order valence-corrected chi connectivity index (χ4v) is 5.40. The minimum atomic E-state index is -0.485. The molecule has 10 nitrogen and oxygen atoms in total. The lowest BCUT2D eigenvalue weighted by atomic mass is 10.1. The molecule has 0 aliphatic carbocycles. The van der Waals surface area contributed by atoms with Crippen molar-refractivity contribution < 1.29 is 9.53 Å². The molecule has 1 fully saturated rings. The van der Waals surface area contributed by atoms with Gasteiger partial charge in [0.15, 0.2) is 5.82 Å². The molecule has 5 rings (SSSR count). The van der Waals surface area contributed by atoms with Crippen LogP contribution in [0.15, 0.2) is 55.2 Å². The van der Waals surface area contributed by atoms with Crippen LogP contribution in [0.4, 0.5) is 4.79 Å². The first-order valence-corrected chi connectivity index (χ1v) is 16.0. The highest BCUT2D eigenvalue weighted by Crippen LogP contribution is 2.27. The van der Waals surface area contributed by atoms with Crippen LogP contribution in [-0.4, -0.2) is 73.2 Å². The molecular weight excluding hydrogens is 508 g/mol. The highest BCUT2D eigenvalue weighted by atomic mass is 28.3. The molecule has 39 heavy (non-hydrogen) atoms. The predicted molar refractivity (Wildman–Crippen MR) is 151 cm³/mol. The second-order valence-corrected chi connectivity index (χ2v) is 14.0. The third-order valence-corrected chi connectivity index (χ3v) is 7.47. The summed E-state index contributed by atoms with van der Waals surface area (Å²) in [4.78, 5) is 23.4. The maximum Gasteiger partial charge on any atom is 0.410 e. The van der Waals surface area contributed by atoms with Crippen LogP contribution in [0, 0.1) is 0 Å². The average Bonchev–Trinajstić information content (AvgIpc) is 3.58. The Morgan fingerprint density at radius 2 is 1.72 bits per heavy atom. The van der Waals surface area contributed by atoms with Gasteiger partial charge in [-0.15, -0.1) is 5.10 Å². The number of carbonyl (C=O) groups excluding carboxylic acids is 1. The number of aromatic nitrogens is 7. The summed E-state index contributed by atoms with van der Waals surface area (Å²) in [6.45, 7) is 11.5. The zero-order valence-electron chi connectivity index (χ0n) is 23.2. The molecule has 11 heteroatoms. The Kier molecular flexibility index (Phi) is 7.60. The highest BCUT2D eigenvalue weighted by Gasteiger charge is 2.28. The minimum Gasteiger partial charge on any atom is -0.444 e. The topological polar surface area (TPSA) is 104 Å². The molecule has 0 spiro atoms. The fourth-order valence-electron chi connectivity index (χ4n) is 4.60. The Hall–Kier alpha value is -3.86. The van der Waals surface area contributed by atoms with Crippen molar-refractivity contribution in [2.75, 3.05) is 13.1 Å². The second-order valence-electron chi connectivity index (χ2n) is 11.3. The first kappa shape index (κ1) is 26.7. The summed E-state index contributed by atoms with van der Waals surface area (Å²) in [6, 6.07) is 8.31. The van der Waals surface area contributed by atoms with E-state index in [1.807, 2.05) is 79.3 Å². The Labute approximate surface area is 230 Å². The number of hydrogen-bond acceptors (Lipinski definition) is 7. The molecule has 0 bridgehead atoms. The second kappa shape index (κ2) is 11.1. The smallest absolute Gasteiger partial charge is 0.410 e. The summed E-state index contributed by atoms with van der Waals surface area (Å²) >= 11 is 0. The standard InChI is InChI=1S/C28H35N8O2Si/c1-28(2,3)38-27(37)34-11-9-24(10-12-34)36-17-23(16-31-36)22-14-29-26(30-15-22)21-8-6-7-20(13-21)25-18-35(33-32-25)19-39(4)5/h6-8,13-18,24H,9-12,19H2,1-5H3. The van der Waals surface area contributed by atoms with Gasteiger partial charge in [0.2, 0.25) is 0 Å². The zero-order chi connectivity index (χ0) is 27.6. The summed E-state index contributed by atoms with van der Waals surface area (Å²) in [5, 5.41) is 13.2. The average molecular weight is 544 g/mol. The molecule has 0 atom stereocenters. The van der Waals surface area contributed by atoms with E-state index in [4.69, 9.17) is 4.74 Å². The van der Waals surface area contributed by atoms with Crippen LogP contribution in [0.5, 0.6) is 0 Å². The van der Waals surface area contributed by atoms with E-state index in [1.165, 1.54) is 0 Å². The van der Waals surface area contributed by atoms with Crippen molar-refractivity contribution in [2.45, 2.75) is 64.5 Å². The van der Waals surface area contributed by atoms with Crippen LogP contribution >= 0.6 is 0 Å². The molecule has 1 aromatic carbocycles. The molecule has 0 unspecified atom stereocenters. The van der Waals surface area contributed by atoms with Crippen LogP contribution in [0.1, 0.15) is 39.7 Å². The van der Waals surface area contributed by atoms with E-state index >= 15 is 0 Å². The number of amides is 1. The van der Waals surface area contributed by atoms with Gasteiger partial charge in [-0.2, -0.15) is 5.10 Å². The number of carbonyl (C=O) groups is 1. The lowest BCUT2D eigenvalue weighted by molar-refractivity contribution is 0.0185. The van der Waals surface area contributed by atoms with Gasteiger partial charge in [0.05, 0.1) is 27.2 Å². The number of piperidine rings is 1. The van der Waals surface area contributed by atoms with Gasteiger partial charge in [-0.25, -0.2) is 14.8 Å². The third kappa shape index (κ3) is 6.59. The van der Waals surface area contributed by atoms with Crippen molar-refractivity contribution in [1.82, 2.24) is 39.6 Å². The number of ether oxygens (including phenoxy) is 1. The summed E-state index contributed by atoms with van der Waals surface area (Å²) < 4.78 is 9.42. The number of hydrogen-bond donors (Lipinski definition) is 0. The molecule has 203 valence electrons. The quantitative estimate of drug-likeness (QED) is 0.311. The molecule has 1 radical (unpaired) electrons. The summed E-state index contributed by atoms with van der Waals surface area (Å²) in [5.41, 5.74) is 4.16. The Bertz CT molecular complexity index is 1420. The third-order valence-electron chi connectivity index (χ3n) is 6.51. The van der Waals surface area contributed by atoms with E-state index in [0.717, 1.165) is 47.0 Å². The molecule has 3 aromatic heterocycles. The van der Waals surface area contributed by atoms with E-state index in [-0.39, 0.29) is 12.1 Å². The molecule has 4 heterocycles. The normalized spacial score (nSPS) is 14.7. The van der Waals surface area contributed by atoms with E-state index in [9.17, 15) is 4.79 Å². The summed E-state index contributed by atoms with van der Waals surface area (Å²) in [5.74, 6) is 0.655. The van der Waals surface area contributed by atoms with E-state index in [0.29, 0.717) is 18.9 Å². The molecule has 1 amide bonds. The van der Waals surface area contributed by atoms with Gasteiger partial charge in [0.1, 0.15) is 11.3 Å². The number of likely N-dealkylation sites (tertiary alicyclic amines) is 1. The van der Waals surface area contributed by atoms with Crippen molar-refractivity contribution in [1.29, 1.82) is 0 Å². The lowest BCUT2D eigenvalue weighted by Gasteiger charge is -2.33. The Morgan fingerprint density at radius 3 is 2.41 bits per heavy atom. The van der Waals surface area contributed by atoms with Gasteiger partial charge in [0.25, 0.3) is 0 Å². The van der Waals surface area contributed by atoms with Crippen LogP contribution in [-0.2, 0) is 10.9 Å². The van der Waals surface area contributed by atoms with Crippen molar-refractivity contribution in [3.63, 3.8) is 0 Å².